The molecular weight excluding hydrogens is 269 g/mol. The third kappa shape index (κ3) is 3.52. The summed E-state index contributed by atoms with van der Waals surface area (Å²) in [5, 5.41) is 4.68. The zero-order chi connectivity index (χ0) is 13.1. The summed E-state index contributed by atoms with van der Waals surface area (Å²) in [4.78, 5) is 0. The highest BCUT2D eigenvalue weighted by Gasteiger charge is 2.09. The van der Waals surface area contributed by atoms with Crippen LogP contribution in [0.25, 0.3) is 0 Å². The van der Waals surface area contributed by atoms with E-state index in [4.69, 9.17) is 27.6 Å². The molecule has 1 unspecified atom stereocenters. The summed E-state index contributed by atoms with van der Waals surface area (Å²) in [5.74, 6) is 1.85. The molecule has 1 heterocycles. The van der Waals surface area contributed by atoms with Gasteiger partial charge in [-0.2, -0.15) is 0 Å². The second-order valence-electron chi connectivity index (χ2n) is 4.33. The van der Waals surface area contributed by atoms with Crippen molar-refractivity contribution in [2.24, 2.45) is 0 Å². The minimum absolute atomic E-state index is 0.149. The molecule has 0 bridgehead atoms. The van der Waals surface area contributed by atoms with Crippen LogP contribution in [0.15, 0.2) is 34.7 Å². The maximum absolute atomic E-state index is 5.96. The monoisotopic (exact) mass is 283 g/mol. The maximum atomic E-state index is 5.96. The van der Waals surface area contributed by atoms with Gasteiger partial charge in [0.1, 0.15) is 11.5 Å². The van der Waals surface area contributed by atoms with Crippen LogP contribution in [0.1, 0.15) is 30.0 Å². The van der Waals surface area contributed by atoms with Crippen LogP contribution in [-0.4, -0.2) is 0 Å². The topological polar surface area (TPSA) is 25.2 Å². The lowest BCUT2D eigenvalue weighted by Crippen LogP contribution is -2.17. The molecule has 0 saturated carbocycles. The number of furan rings is 1. The smallest absolute Gasteiger partial charge is 0.120 e. The fraction of sp³-hybridized carbons (Fsp3) is 0.286. The number of halogens is 2. The van der Waals surface area contributed by atoms with Gasteiger partial charge in [-0.05, 0) is 49.7 Å². The van der Waals surface area contributed by atoms with E-state index in [0.717, 1.165) is 17.1 Å². The molecule has 1 aromatic heterocycles. The molecule has 2 aromatic rings. The Morgan fingerprint density at radius 2 is 1.83 bits per heavy atom. The summed E-state index contributed by atoms with van der Waals surface area (Å²) in [7, 11) is 0. The van der Waals surface area contributed by atoms with Gasteiger partial charge in [0.05, 0.1) is 6.04 Å². The Hall–Kier alpha value is -0.960. The van der Waals surface area contributed by atoms with Crippen LogP contribution < -0.4 is 5.32 Å². The highest BCUT2D eigenvalue weighted by Crippen LogP contribution is 2.20. The summed E-state index contributed by atoms with van der Waals surface area (Å²) < 4.78 is 5.57. The van der Waals surface area contributed by atoms with Gasteiger partial charge < -0.3 is 9.73 Å². The van der Waals surface area contributed by atoms with Crippen molar-refractivity contribution in [3.63, 3.8) is 0 Å². The van der Waals surface area contributed by atoms with Crippen molar-refractivity contribution >= 4 is 23.2 Å². The Labute approximate surface area is 117 Å². The van der Waals surface area contributed by atoms with Gasteiger partial charge >= 0.3 is 0 Å². The first kappa shape index (κ1) is 13.5. The first-order valence-electron chi connectivity index (χ1n) is 5.79. The lowest BCUT2D eigenvalue weighted by atomic mass is 10.2. The number of nitrogens with one attached hydrogen (secondary N) is 1. The molecule has 1 atom stereocenters. The molecular formula is C14H15Cl2NO. The van der Waals surface area contributed by atoms with E-state index in [1.165, 1.54) is 0 Å². The number of hydrogen-bond acceptors (Lipinski definition) is 2. The minimum atomic E-state index is 0.149. The summed E-state index contributed by atoms with van der Waals surface area (Å²) in [6.07, 6.45) is 0. The number of benzene rings is 1. The molecule has 2 rings (SSSR count). The highest BCUT2D eigenvalue weighted by atomic mass is 35.5. The third-order valence-corrected chi connectivity index (χ3v) is 3.16. The molecule has 1 N–H and O–H groups in total. The van der Waals surface area contributed by atoms with Crippen LogP contribution in [0.2, 0.25) is 10.0 Å². The average molecular weight is 284 g/mol. The first-order chi connectivity index (χ1) is 8.54. The highest BCUT2D eigenvalue weighted by molar-refractivity contribution is 6.34. The van der Waals surface area contributed by atoms with Crippen LogP contribution in [-0.2, 0) is 6.54 Å². The molecule has 0 radical (unpaired) electrons. The van der Waals surface area contributed by atoms with E-state index in [-0.39, 0.29) is 6.04 Å². The lowest BCUT2D eigenvalue weighted by molar-refractivity contribution is 0.416. The van der Waals surface area contributed by atoms with Crippen LogP contribution in [0, 0.1) is 6.92 Å². The van der Waals surface area contributed by atoms with Crippen molar-refractivity contribution in [2.45, 2.75) is 26.4 Å². The van der Waals surface area contributed by atoms with Gasteiger partial charge in [-0.3, -0.25) is 0 Å². The maximum Gasteiger partial charge on any atom is 0.120 e. The van der Waals surface area contributed by atoms with Crippen LogP contribution in [0.3, 0.4) is 0 Å². The van der Waals surface area contributed by atoms with E-state index in [9.17, 15) is 0 Å². The predicted molar refractivity (Wildman–Crippen MR) is 75.2 cm³/mol. The van der Waals surface area contributed by atoms with Gasteiger partial charge in [-0.15, -0.1) is 0 Å². The van der Waals surface area contributed by atoms with E-state index in [1.807, 2.05) is 31.2 Å². The quantitative estimate of drug-likeness (QED) is 0.876. The summed E-state index contributed by atoms with van der Waals surface area (Å²) >= 11 is 11.9. The number of hydrogen-bond donors (Lipinski definition) is 1. The molecule has 4 heteroatoms. The zero-order valence-corrected chi connectivity index (χ0v) is 11.8. The molecule has 1 aromatic carbocycles. The predicted octanol–water partition coefficient (Wildman–Crippen LogP) is 4.75. The Morgan fingerprint density at radius 3 is 2.39 bits per heavy atom. The first-order valence-corrected chi connectivity index (χ1v) is 6.55. The van der Waals surface area contributed by atoms with Gasteiger partial charge in [0.15, 0.2) is 0 Å². The molecule has 0 fully saturated rings. The van der Waals surface area contributed by atoms with Crippen LogP contribution >= 0.6 is 23.2 Å². The van der Waals surface area contributed by atoms with Gasteiger partial charge in [0.2, 0.25) is 0 Å². The van der Waals surface area contributed by atoms with Crippen molar-refractivity contribution in [3.8, 4) is 0 Å². The van der Waals surface area contributed by atoms with E-state index < -0.39 is 0 Å². The summed E-state index contributed by atoms with van der Waals surface area (Å²) in [6.45, 7) is 4.69. The molecule has 96 valence electrons. The SMILES string of the molecule is Cc1ccc(C(C)NCc2cc(Cl)cc(Cl)c2)o1. The average Bonchev–Trinajstić information content (AvgIpc) is 2.71. The molecule has 2 nitrogen and oxygen atoms in total. The molecule has 18 heavy (non-hydrogen) atoms. The van der Waals surface area contributed by atoms with Gasteiger partial charge in [-0.25, -0.2) is 0 Å². The zero-order valence-electron chi connectivity index (χ0n) is 10.3. The molecule has 0 aliphatic heterocycles. The van der Waals surface area contributed by atoms with Crippen LogP contribution in [0.4, 0.5) is 0 Å². The molecule has 0 spiro atoms. The van der Waals surface area contributed by atoms with E-state index in [0.29, 0.717) is 16.6 Å². The second kappa shape index (κ2) is 5.79. The number of aryl methyl sites for hydroxylation is 1. The van der Waals surface area contributed by atoms with E-state index >= 15 is 0 Å². The normalized spacial score (nSPS) is 12.7. The Morgan fingerprint density at radius 1 is 1.17 bits per heavy atom. The lowest BCUT2D eigenvalue weighted by Gasteiger charge is -2.11. The summed E-state index contributed by atoms with van der Waals surface area (Å²) in [5.41, 5.74) is 1.06. The fourth-order valence-electron chi connectivity index (χ4n) is 1.77. The van der Waals surface area contributed by atoms with E-state index in [2.05, 4.69) is 12.2 Å². The Kier molecular flexibility index (Phi) is 4.33. The summed E-state index contributed by atoms with van der Waals surface area (Å²) in [6, 6.07) is 9.63. The third-order valence-electron chi connectivity index (χ3n) is 2.72. The van der Waals surface area contributed by atoms with Gasteiger partial charge in [0, 0.05) is 16.6 Å². The minimum Gasteiger partial charge on any atom is -0.465 e. The van der Waals surface area contributed by atoms with Crippen molar-refractivity contribution in [2.75, 3.05) is 0 Å². The largest absolute Gasteiger partial charge is 0.465 e. The second-order valence-corrected chi connectivity index (χ2v) is 5.20. The van der Waals surface area contributed by atoms with Crippen molar-refractivity contribution in [1.29, 1.82) is 0 Å². The van der Waals surface area contributed by atoms with Crippen molar-refractivity contribution < 1.29 is 4.42 Å². The Bertz CT molecular complexity index is 516. The molecule has 0 aliphatic carbocycles. The van der Waals surface area contributed by atoms with Gasteiger partial charge in [-0.1, -0.05) is 23.2 Å². The Balaban J connectivity index is 1.99. The standard InChI is InChI=1S/C14H15Cl2NO/c1-9-3-4-14(18-9)10(2)17-8-11-5-12(15)7-13(16)6-11/h3-7,10,17H,8H2,1-2H3. The number of rotatable bonds is 4. The van der Waals surface area contributed by atoms with Crippen LogP contribution in [0.5, 0.6) is 0 Å². The fourth-order valence-corrected chi connectivity index (χ4v) is 2.34. The molecule has 0 amide bonds. The van der Waals surface area contributed by atoms with Crippen molar-refractivity contribution in [3.05, 3.63) is 57.5 Å². The van der Waals surface area contributed by atoms with E-state index in [1.54, 1.807) is 6.07 Å². The van der Waals surface area contributed by atoms with Crippen molar-refractivity contribution in [1.82, 2.24) is 5.32 Å². The molecule has 0 saturated heterocycles. The van der Waals surface area contributed by atoms with Gasteiger partial charge in [0.25, 0.3) is 0 Å². The molecule has 0 aliphatic rings.